The molecule has 1 N–H and O–H groups in total. The van der Waals surface area contributed by atoms with Gasteiger partial charge in [-0.05, 0) is 61.1 Å². The Labute approximate surface area is 224 Å². The smallest absolute Gasteiger partial charge is 0.244 e. The molecular formula is C26H35Cl2N3O4S. The second-order valence-electron chi connectivity index (χ2n) is 9.38. The van der Waals surface area contributed by atoms with Gasteiger partial charge in [0.05, 0.1) is 11.9 Å². The van der Waals surface area contributed by atoms with E-state index in [1.807, 2.05) is 39.8 Å². The van der Waals surface area contributed by atoms with Gasteiger partial charge in [0.2, 0.25) is 21.8 Å². The molecule has 0 saturated heterocycles. The van der Waals surface area contributed by atoms with Crippen LogP contribution in [0.15, 0.2) is 36.4 Å². The van der Waals surface area contributed by atoms with Gasteiger partial charge in [-0.15, -0.1) is 0 Å². The first-order valence-electron chi connectivity index (χ1n) is 11.8. The number of nitrogens with one attached hydrogen (secondary N) is 1. The summed E-state index contributed by atoms with van der Waals surface area (Å²) in [6.45, 7) is 9.43. The second-order valence-corrected chi connectivity index (χ2v) is 12.1. The summed E-state index contributed by atoms with van der Waals surface area (Å²) < 4.78 is 26.7. The molecule has 2 aromatic rings. The average Bonchev–Trinajstić information content (AvgIpc) is 2.78. The Morgan fingerprint density at radius 2 is 1.72 bits per heavy atom. The molecule has 0 heterocycles. The molecule has 0 spiro atoms. The van der Waals surface area contributed by atoms with Crippen molar-refractivity contribution in [2.24, 2.45) is 5.92 Å². The van der Waals surface area contributed by atoms with Gasteiger partial charge in [-0.3, -0.25) is 13.9 Å². The lowest BCUT2D eigenvalue weighted by atomic mass is 10.1. The summed E-state index contributed by atoms with van der Waals surface area (Å²) in [5.74, 6) is -0.590. The summed E-state index contributed by atoms with van der Waals surface area (Å²) in [4.78, 5) is 28.3. The number of rotatable bonds is 11. The van der Waals surface area contributed by atoms with E-state index in [0.29, 0.717) is 39.8 Å². The maximum absolute atomic E-state index is 13.8. The van der Waals surface area contributed by atoms with Crippen LogP contribution in [0.3, 0.4) is 0 Å². The number of hydrogen-bond acceptors (Lipinski definition) is 4. The predicted octanol–water partition coefficient (Wildman–Crippen LogP) is 4.96. The van der Waals surface area contributed by atoms with Crippen LogP contribution in [-0.2, 0) is 26.2 Å². The lowest BCUT2D eigenvalue weighted by molar-refractivity contribution is -0.140. The number of benzene rings is 2. The van der Waals surface area contributed by atoms with Crippen molar-refractivity contribution in [1.29, 1.82) is 0 Å². The average molecular weight is 557 g/mol. The summed E-state index contributed by atoms with van der Waals surface area (Å²) in [5.41, 5.74) is 2.60. The highest BCUT2D eigenvalue weighted by Crippen LogP contribution is 2.26. The summed E-state index contributed by atoms with van der Waals surface area (Å²) in [5, 5.41) is 3.69. The fourth-order valence-electron chi connectivity index (χ4n) is 3.76. The van der Waals surface area contributed by atoms with E-state index < -0.39 is 28.5 Å². The van der Waals surface area contributed by atoms with Crippen LogP contribution in [-0.4, -0.2) is 50.5 Å². The van der Waals surface area contributed by atoms with Crippen LogP contribution >= 0.6 is 23.2 Å². The molecule has 7 nitrogen and oxygen atoms in total. The molecule has 2 amide bonds. The third kappa shape index (κ3) is 8.11. The van der Waals surface area contributed by atoms with E-state index in [1.165, 1.54) is 4.90 Å². The molecule has 2 rings (SSSR count). The van der Waals surface area contributed by atoms with Crippen molar-refractivity contribution in [3.05, 3.63) is 63.1 Å². The third-order valence-corrected chi connectivity index (χ3v) is 7.45. The first-order chi connectivity index (χ1) is 16.7. The van der Waals surface area contributed by atoms with Gasteiger partial charge >= 0.3 is 0 Å². The SMILES string of the molecule is CC[C@@H](C(=O)NCC(C)C)N(Cc1ccc(Cl)cc1Cl)C(=O)CN(c1cc(C)ccc1C)S(C)(=O)=O. The van der Waals surface area contributed by atoms with Crippen molar-refractivity contribution in [1.82, 2.24) is 10.2 Å². The molecule has 0 aliphatic carbocycles. The molecule has 0 unspecified atom stereocenters. The zero-order chi connectivity index (χ0) is 27.2. The van der Waals surface area contributed by atoms with E-state index in [0.717, 1.165) is 16.1 Å². The molecule has 0 radical (unpaired) electrons. The minimum Gasteiger partial charge on any atom is -0.354 e. The van der Waals surface area contributed by atoms with Crippen molar-refractivity contribution >= 4 is 50.7 Å². The molecule has 10 heteroatoms. The summed E-state index contributed by atoms with van der Waals surface area (Å²) >= 11 is 12.4. The van der Waals surface area contributed by atoms with Crippen molar-refractivity contribution in [3.8, 4) is 0 Å². The van der Waals surface area contributed by atoms with Gasteiger partial charge in [-0.2, -0.15) is 0 Å². The molecule has 0 fully saturated rings. The van der Waals surface area contributed by atoms with E-state index in [1.54, 1.807) is 31.2 Å². The van der Waals surface area contributed by atoms with E-state index >= 15 is 0 Å². The third-order valence-electron chi connectivity index (χ3n) is 5.74. The first-order valence-corrected chi connectivity index (χ1v) is 14.4. The number of aryl methyl sites for hydroxylation is 2. The summed E-state index contributed by atoms with van der Waals surface area (Å²) in [6.07, 6.45) is 1.40. The van der Waals surface area contributed by atoms with Crippen molar-refractivity contribution in [2.75, 3.05) is 23.7 Å². The fourth-order valence-corrected chi connectivity index (χ4v) is 5.13. The fraction of sp³-hybridized carbons (Fsp3) is 0.462. The first kappa shape index (κ1) is 29.9. The number of sulfonamides is 1. The quantitative estimate of drug-likeness (QED) is 0.424. The molecule has 0 aromatic heterocycles. The van der Waals surface area contributed by atoms with Crippen LogP contribution in [0.2, 0.25) is 10.0 Å². The lowest BCUT2D eigenvalue weighted by Gasteiger charge is -2.33. The van der Waals surface area contributed by atoms with Crippen LogP contribution in [0.4, 0.5) is 5.69 Å². The Morgan fingerprint density at radius 3 is 2.28 bits per heavy atom. The zero-order valence-corrected chi connectivity index (χ0v) is 24.0. The minimum atomic E-state index is -3.80. The van der Waals surface area contributed by atoms with Crippen molar-refractivity contribution in [3.63, 3.8) is 0 Å². The Hall–Kier alpha value is -2.29. The maximum Gasteiger partial charge on any atom is 0.244 e. The normalized spacial score (nSPS) is 12.4. The lowest BCUT2D eigenvalue weighted by Crippen LogP contribution is -2.52. The molecule has 0 bridgehead atoms. The van der Waals surface area contributed by atoms with E-state index in [4.69, 9.17) is 23.2 Å². The number of amides is 2. The number of nitrogens with zero attached hydrogens (tertiary/aromatic N) is 2. The Kier molecular flexibility index (Phi) is 10.6. The van der Waals surface area contributed by atoms with Gasteiger partial charge in [-0.25, -0.2) is 8.42 Å². The largest absolute Gasteiger partial charge is 0.354 e. The van der Waals surface area contributed by atoms with Crippen LogP contribution < -0.4 is 9.62 Å². The van der Waals surface area contributed by atoms with Crippen LogP contribution in [0.25, 0.3) is 0 Å². The van der Waals surface area contributed by atoms with Crippen molar-refractivity contribution < 1.29 is 18.0 Å². The number of hydrogen-bond donors (Lipinski definition) is 1. The van der Waals surface area contributed by atoms with Crippen LogP contribution in [0.5, 0.6) is 0 Å². The van der Waals surface area contributed by atoms with E-state index in [-0.39, 0.29) is 18.4 Å². The Balaban J connectivity index is 2.50. The number of carbonyl (C=O) groups excluding carboxylic acids is 2. The van der Waals surface area contributed by atoms with Gasteiger partial charge in [0.1, 0.15) is 12.6 Å². The van der Waals surface area contributed by atoms with Crippen molar-refractivity contribution in [2.45, 2.75) is 53.6 Å². The summed E-state index contributed by atoms with van der Waals surface area (Å²) in [7, 11) is -3.80. The van der Waals surface area contributed by atoms with Gasteiger partial charge < -0.3 is 10.2 Å². The molecule has 1 atom stereocenters. The monoisotopic (exact) mass is 555 g/mol. The molecule has 2 aromatic carbocycles. The van der Waals surface area contributed by atoms with Gasteiger partial charge in [0.15, 0.2) is 0 Å². The standard InChI is InChI=1S/C26H35Cl2N3O4S/c1-7-23(26(33)29-14-17(2)3)30(15-20-10-11-21(27)13-22(20)28)25(32)16-31(36(6,34)35)24-12-18(4)8-9-19(24)5/h8-13,17,23H,7,14-16H2,1-6H3,(H,29,33)/t23-/m0/s1. The number of anilines is 1. The Morgan fingerprint density at radius 1 is 1.06 bits per heavy atom. The van der Waals surface area contributed by atoms with Gasteiger partial charge in [0, 0.05) is 23.1 Å². The number of halogens is 2. The number of carbonyl (C=O) groups is 2. The topological polar surface area (TPSA) is 86.8 Å². The highest BCUT2D eigenvalue weighted by molar-refractivity contribution is 7.92. The molecule has 0 saturated carbocycles. The highest BCUT2D eigenvalue weighted by atomic mass is 35.5. The van der Waals surface area contributed by atoms with E-state index in [2.05, 4.69) is 5.32 Å². The molecule has 0 aliphatic heterocycles. The second kappa shape index (κ2) is 12.8. The molecule has 198 valence electrons. The zero-order valence-electron chi connectivity index (χ0n) is 21.6. The highest BCUT2D eigenvalue weighted by Gasteiger charge is 2.32. The molecular weight excluding hydrogens is 521 g/mol. The Bertz CT molecular complexity index is 1200. The van der Waals surface area contributed by atoms with E-state index in [9.17, 15) is 18.0 Å². The van der Waals surface area contributed by atoms with Gasteiger partial charge in [0.25, 0.3) is 0 Å². The minimum absolute atomic E-state index is 0.0207. The van der Waals surface area contributed by atoms with Gasteiger partial charge in [-0.1, -0.05) is 62.2 Å². The van der Waals surface area contributed by atoms with Crippen LogP contribution in [0.1, 0.15) is 43.9 Å². The molecule has 36 heavy (non-hydrogen) atoms. The predicted molar refractivity (Wildman–Crippen MR) is 147 cm³/mol. The summed E-state index contributed by atoms with van der Waals surface area (Å²) in [6, 6.07) is 9.53. The van der Waals surface area contributed by atoms with Crippen LogP contribution in [0, 0.1) is 19.8 Å². The molecule has 0 aliphatic rings. The maximum atomic E-state index is 13.8.